The Bertz CT molecular complexity index is 350. The molecule has 0 radical (unpaired) electrons. The van der Waals surface area contributed by atoms with E-state index in [1.165, 1.54) is 0 Å². The first-order valence-corrected chi connectivity index (χ1v) is 6.43. The summed E-state index contributed by atoms with van der Waals surface area (Å²) in [7, 11) is 0. The van der Waals surface area contributed by atoms with Gasteiger partial charge in [-0.05, 0) is 36.9 Å². The van der Waals surface area contributed by atoms with Crippen molar-refractivity contribution in [1.29, 1.82) is 0 Å². The van der Waals surface area contributed by atoms with E-state index in [4.69, 9.17) is 15.0 Å². The van der Waals surface area contributed by atoms with E-state index in [-0.39, 0.29) is 11.8 Å². The molecule has 1 rings (SSSR count). The van der Waals surface area contributed by atoms with Gasteiger partial charge in [0.2, 0.25) is 0 Å². The second kappa shape index (κ2) is 7.87. The standard InChI is InChI=1S/C13H22N2O3/c1-10(2)11(9-16)12-8-13(15-18-12)17-7-5-3-4-6-14/h8-11H,3-7,14H2,1-2H3. The minimum absolute atomic E-state index is 0.188. The SMILES string of the molecule is CC(C)C(C=O)c1cc(OCCCCCN)no1. The molecule has 1 unspecified atom stereocenters. The molecule has 0 bridgehead atoms. The zero-order valence-corrected chi connectivity index (χ0v) is 11.1. The van der Waals surface area contributed by atoms with Gasteiger partial charge in [-0.3, -0.25) is 0 Å². The van der Waals surface area contributed by atoms with Crippen molar-refractivity contribution in [2.45, 2.75) is 39.0 Å². The van der Waals surface area contributed by atoms with E-state index in [0.29, 0.717) is 24.8 Å². The van der Waals surface area contributed by atoms with Gasteiger partial charge < -0.3 is 19.8 Å². The van der Waals surface area contributed by atoms with Gasteiger partial charge in [0.1, 0.15) is 6.29 Å². The van der Waals surface area contributed by atoms with Crippen LogP contribution in [0.15, 0.2) is 10.6 Å². The van der Waals surface area contributed by atoms with Gasteiger partial charge in [-0.2, -0.15) is 0 Å². The second-order valence-corrected chi connectivity index (χ2v) is 4.67. The lowest BCUT2D eigenvalue weighted by molar-refractivity contribution is -0.110. The molecule has 1 heterocycles. The molecule has 5 heteroatoms. The Morgan fingerprint density at radius 3 is 2.83 bits per heavy atom. The predicted octanol–water partition coefficient (Wildman–Crippen LogP) is 2.12. The van der Waals surface area contributed by atoms with Crippen LogP contribution in [0.5, 0.6) is 5.88 Å². The Morgan fingerprint density at radius 2 is 2.22 bits per heavy atom. The fourth-order valence-electron chi connectivity index (χ4n) is 1.65. The lowest BCUT2D eigenvalue weighted by Crippen LogP contribution is -2.06. The number of nitrogens with two attached hydrogens (primary N) is 1. The quantitative estimate of drug-likeness (QED) is 0.539. The highest BCUT2D eigenvalue weighted by atomic mass is 16.5. The average Bonchev–Trinajstić information content (AvgIpc) is 2.78. The fourth-order valence-corrected chi connectivity index (χ4v) is 1.65. The van der Waals surface area contributed by atoms with Gasteiger partial charge in [0.25, 0.3) is 5.88 Å². The van der Waals surface area contributed by atoms with Gasteiger partial charge in [0.15, 0.2) is 5.76 Å². The molecular weight excluding hydrogens is 232 g/mol. The van der Waals surface area contributed by atoms with Crippen molar-refractivity contribution < 1.29 is 14.1 Å². The van der Waals surface area contributed by atoms with Crippen molar-refractivity contribution in [3.63, 3.8) is 0 Å². The van der Waals surface area contributed by atoms with Gasteiger partial charge in [-0.1, -0.05) is 13.8 Å². The van der Waals surface area contributed by atoms with E-state index >= 15 is 0 Å². The Labute approximate surface area is 108 Å². The molecule has 0 aliphatic heterocycles. The Balaban J connectivity index is 2.40. The summed E-state index contributed by atoms with van der Waals surface area (Å²) < 4.78 is 10.6. The highest BCUT2D eigenvalue weighted by Crippen LogP contribution is 2.25. The molecule has 0 aliphatic rings. The Morgan fingerprint density at radius 1 is 1.44 bits per heavy atom. The predicted molar refractivity (Wildman–Crippen MR) is 68.5 cm³/mol. The number of carbonyl (C=O) groups is 1. The summed E-state index contributed by atoms with van der Waals surface area (Å²) in [4.78, 5) is 10.9. The van der Waals surface area contributed by atoms with Gasteiger partial charge >= 0.3 is 0 Å². The molecule has 5 nitrogen and oxygen atoms in total. The first-order chi connectivity index (χ1) is 8.69. The van der Waals surface area contributed by atoms with E-state index in [9.17, 15) is 4.79 Å². The lowest BCUT2D eigenvalue weighted by atomic mass is 9.95. The minimum atomic E-state index is -0.257. The molecule has 18 heavy (non-hydrogen) atoms. The number of carbonyl (C=O) groups excluding carboxylic acids is 1. The van der Waals surface area contributed by atoms with Gasteiger partial charge in [0.05, 0.1) is 12.5 Å². The summed E-state index contributed by atoms with van der Waals surface area (Å²) in [5.41, 5.74) is 5.40. The van der Waals surface area contributed by atoms with Crippen molar-refractivity contribution in [1.82, 2.24) is 5.16 Å². The van der Waals surface area contributed by atoms with Crippen LogP contribution in [0.4, 0.5) is 0 Å². The molecule has 0 amide bonds. The van der Waals surface area contributed by atoms with E-state index in [1.807, 2.05) is 13.8 Å². The maximum Gasteiger partial charge on any atom is 0.254 e. The number of aromatic nitrogens is 1. The Kier molecular flexibility index (Phi) is 6.43. The van der Waals surface area contributed by atoms with Crippen molar-refractivity contribution in [3.05, 3.63) is 11.8 Å². The summed E-state index contributed by atoms with van der Waals surface area (Å²) in [6.07, 6.45) is 3.88. The first kappa shape index (κ1) is 14.7. The fraction of sp³-hybridized carbons (Fsp3) is 0.692. The van der Waals surface area contributed by atoms with Crippen LogP contribution in [-0.4, -0.2) is 24.6 Å². The molecule has 0 fully saturated rings. The second-order valence-electron chi connectivity index (χ2n) is 4.67. The third kappa shape index (κ3) is 4.49. The van der Waals surface area contributed by atoms with Crippen molar-refractivity contribution in [2.24, 2.45) is 11.7 Å². The van der Waals surface area contributed by atoms with Crippen LogP contribution < -0.4 is 10.5 Å². The highest BCUT2D eigenvalue weighted by Gasteiger charge is 2.20. The number of rotatable bonds is 9. The number of aldehydes is 1. The molecule has 102 valence electrons. The molecule has 1 aromatic heterocycles. The zero-order chi connectivity index (χ0) is 13.4. The zero-order valence-electron chi connectivity index (χ0n) is 11.1. The monoisotopic (exact) mass is 254 g/mol. The molecular formula is C13H22N2O3. The van der Waals surface area contributed by atoms with Crippen LogP contribution in [0, 0.1) is 5.92 Å². The van der Waals surface area contributed by atoms with Crippen LogP contribution in [-0.2, 0) is 4.79 Å². The summed E-state index contributed by atoms with van der Waals surface area (Å²) in [6.45, 7) is 5.24. The molecule has 0 aliphatic carbocycles. The topological polar surface area (TPSA) is 78.4 Å². The van der Waals surface area contributed by atoms with Crippen LogP contribution in [0.1, 0.15) is 44.8 Å². The van der Waals surface area contributed by atoms with Crippen molar-refractivity contribution in [2.75, 3.05) is 13.2 Å². The van der Waals surface area contributed by atoms with E-state index in [0.717, 1.165) is 25.5 Å². The van der Waals surface area contributed by atoms with Crippen LogP contribution in [0.25, 0.3) is 0 Å². The van der Waals surface area contributed by atoms with Crippen LogP contribution >= 0.6 is 0 Å². The number of unbranched alkanes of at least 4 members (excludes halogenated alkanes) is 2. The maximum atomic E-state index is 10.9. The largest absolute Gasteiger partial charge is 0.476 e. The number of hydrogen-bond acceptors (Lipinski definition) is 5. The smallest absolute Gasteiger partial charge is 0.254 e. The molecule has 0 saturated heterocycles. The third-order valence-electron chi connectivity index (χ3n) is 2.80. The normalized spacial score (nSPS) is 12.7. The molecule has 1 aromatic rings. The molecule has 0 spiro atoms. The summed E-state index contributed by atoms with van der Waals surface area (Å²) in [5, 5.41) is 3.80. The van der Waals surface area contributed by atoms with E-state index < -0.39 is 0 Å². The number of ether oxygens (including phenoxy) is 1. The molecule has 0 saturated carbocycles. The average molecular weight is 254 g/mol. The van der Waals surface area contributed by atoms with Crippen molar-refractivity contribution in [3.8, 4) is 5.88 Å². The highest BCUT2D eigenvalue weighted by molar-refractivity contribution is 5.61. The van der Waals surface area contributed by atoms with Gasteiger partial charge in [-0.25, -0.2) is 0 Å². The first-order valence-electron chi connectivity index (χ1n) is 6.43. The summed E-state index contributed by atoms with van der Waals surface area (Å²) >= 11 is 0. The van der Waals surface area contributed by atoms with Crippen LogP contribution in [0.3, 0.4) is 0 Å². The van der Waals surface area contributed by atoms with E-state index in [2.05, 4.69) is 5.16 Å². The minimum Gasteiger partial charge on any atom is -0.476 e. The molecule has 1 atom stereocenters. The Hall–Kier alpha value is -1.36. The number of nitrogens with zero attached hydrogens (tertiary/aromatic N) is 1. The third-order valence-corrected chi connectivity index (χ3v) is 2.80. The summed E-state index contributed by atoms with van der Waals surface area (Å²) in [5.74, 6) is 0.946. The van der Waals surface area contributed by atoms with Crippen molar-refractivity contribution >= 4 is 6.29 Å². The molecule has 0 aromatic carbocycles. The molecule has 2 N–H and O–H groups in total. The van der Waals surface area contributed by atoms with E-state index in [1.54, 1.807) is 6.07 Å². The number of hydrogen-bond donors (Lipinski definition) is 1. The van der Waals surface area contributed by atoms with Crippen LogP contribution in [0.2, 0.25) is 0 Å². The lowest BCUT2D eigenvalue weighted by Gasteiger charge is -2.08. The summed E-state index contributed by atoms with van der Waals surface area (Å²) in [6, 6.07) is 1.70. The maximum absolute atomic E-state index is 10.9. The van der Waals surface area contributed by atoms with Gasteiger partial charge in [-0.15, -0.1) is 0 Å². The van der Waals surface area contributed by atoms with Gasteiger partial charge in [0, 0.05) is 6.07 Å².